The molecule has 0 bridgehead atoms. The number of nitrogens with one attached hydrogen (secondary N) is 1. The molecule has 0 unspecified atom stereocenters. The molecule has 0 aromatic carbocycles. The number of carbonyl (C=O) groups is 1. The molecule has 10 heteroatoms. The zero-order valence-electron chi connectivity index (χ0n) is 13.6. The number of rotatable bonds is 8. The first-order chi connectivity index (χ1) is 12.3. The summed E-state index contributed by atoms with van der Waals surface area (Å²) in [5.74, 6) is 0.917. The number of methoxy groups -OCH3 is 1. The van der Waals surface area contributed by atoms with Gasteiger partial charge in [-0.2, -0.15) is 0 Å². The Morgan fingerprint density at radius 3 is 3.00 bits per heavy atom. The lowest BCUT2D eigenvalue weighted by molar-refractivity contribution is 0.0945. The van der Waals surface area contributed by atoms with Gasteiger partial charge in [-0.25, -0.2) is 15.0 Å². The van der Waals surface area contributed by atoms with Crippen molar-refractivity contribution < 1.29 is 9.53 Å². The Morgan fingerprint density at radius 1 is 1.36 bits per heavy atom. The standard InChI is InChI=1S/C15H17N7O2S/c1-24-7-3-6-22-10-19-21-12(22)8-18-14(23)11-9-25-15(20-11)13-16-4-2-5-17-13/h2,4-5,9-10H,3,6-8H2,1H3,(H,18,23). The van der Waals surface area contributed by atoms with Gasteiger partial charge in [-0.1, -0.05) is 0 Å². The molecule has 9 nitrogen and oxygen atoms in total. The van der Waals surface area contributed by atoms with Gasteiger partial charge in [-0.3, -0.25) is 4.79 Å². The van der Waals surface area contributed by atoms with Crippen LogP contribution in [0, 0.1) is 0 Å². The summed E-state index contributed by atoms with van der Waals surface area (Å²) >= 11 is 1.33. The van der Waals surface area contributed by atoms with E-state index in [0.717, 1.165) is 13.0 Å². The maximum absolute atomic E-state index is 12.3. The molecule has 25 heavy (non-hydrogen) atoms. The third-order valence-corrected chi connectivity index (χ3v) is 4.18. The second-order valence-electron chi connectivity index (χ2n) is 5.08. The minimum atomic E-state index is -0.273. The van der Waals surface area contributed by atoms with E-state index in [2.05, 4.69) is 30.5 Å². The number of nitrogens with zero attached hydrogens (tertiary/aromatic N) is 6. The van der Waals surface area contributed by atoms with Crippen molar-refractivity contribution in [3.8, 4) is 10.8 Å². The summed E-state index contributed by atoms with van der Waals surface area (Å²) in [4.78, 5) is 24.8. The average molecular weight is 359 g/mol. The molecule has 130 valence electrons. The summed E-state index contributed by atoms with van der Waals surface area (Å²) in [7, 11) is 1.66. The van der Waals surface area contributed by atoms with Crippen LogP contribution in [0.2, 0.25) is 0 Å². The fourth-order valence-corrected chi connectivity index (χ4v) is 2.87. The van der Waals surface area contributed by atoms with E-state index in [-0.39, 0.29) is 12.5 Å². The largest absolute Gasteiger partial charge is 0.385 e. The van der Waals surface area contributed by atoms with Crippen LogP contribution in [-0.2, 0) is 17.8 Å². The molecule has 3 rings (SSSR count). The van der Waals surface area contributed by atoms with E-state index in [1.54, 1.807) is 37.3 Å². The summed E-state index contributed by atoms with van der Waals surface area (Å²) in [6.07, 6.45) is 5.77. The highest BCUT2D eigenvalue weighted by molar-refractivity contribution is 7.13. The fraction of sp³-hybridized carbons (Fsp3) is 0.333. The average Bonchev–Trinajstić information content (AvgIpc) is 3.30. The highest BCUT2D eigenvalue weighted by Crippen LogP contribution is 2.19. The summed E-state index contributed by atoms with van der Waals surface area (Å²) in [5, 5.41) is 13.0. The van der Waals surface area contributed by atoms with Crippen LogP contribution < -0.4 is 5.32 Å². The smallest absolute Gasteiger partial charge is 0.271 e. The van der Waals surface area contributed by atoms with Gasteiger partial charge in [0.2, 0.25) is 0 Å². The van der Waals surface area contributed by atoms with Crippen molar-refractivity contribution in [2.75, 3.05) is 13.7 Å². The van der Waals surface area contributed by atoms with Crippen LogP contribution in [0.5, 0.6) is 0 Å². The third-order valence-electron chi connectivity index (χ3n) is 3.34. The topological polar surface area (TPSA) is 108 Å². The molecule has 0 aliphatic heterocycles. The molecule has 3 aromatic rings. The summed E-state index contributed by atoms with van der Waals surface area (Å²) in [6, 6.07) is 1.73. The van der Waals surface area contributed by atoms with Crippen LogP contribution in [0.3, 0.4) is 0 Å². The lowest BCUT2D eigenvalue weighted by atomic mass is 10.4. The minimum absolute atomic E-state index is 0.273. The predicted octanol–water partition coefficient (Wildman–Crippen LogP) is 1.16. The molecule has 0 fully saturated rings. The molecule has 3 aromatic heterocycles. The number of hydrogen-bond donors (Lipinski definition) is 1. The molecule has 0 aliphatic rings. The molecule has 0 atom stereocenters. The Balaban J connectivity index is 1.58. The zero-order chi connectivity index (χ0) is 17.5. The quantitative estimate of drug-likeness (QED) is 0.601. The first-order valence-electron chi connectivity index (χ1n) is 7.64. The van der Waals surface area contributed by atoms with Crippen LogP contribution in [0.4, 0.5) is 0 Å². The van der Waals surface area contributed by atoms with Gasteiger partial charge in [0.25, 0.3) is 5.91 Å². The normalized spacial score (nSPS) is 10.8. The monoisotopic (exact) mass is 359 g/mol. The van der Waals surface area contributed by atoms with Crippen LogP contribution in [-0.4, -0.2) is 49.3 Å². The number of aromatic nitrogens is 6. The van der Waals surface area contributed by atoms with E-state index >= 15 is 0 Å². The minimum Gasteiger partial charge on any atom is -0.385 e. The van der Waals surface area contributed by atoms with Crippen LogP contribution in [0.1, 0.15) is 22.7 Å². The molecule has 0 aliphatic carbocycles. The van der Waals surface area contributed by atoms with Crippen LogP contribution >= 0.6 is 11.3 Å². The maximum Gasteiger partial charge on any atom is 0.271 e. The number of amides is 1. The van der Waals surface area contributed by atoms with Crippen molar-refractivity contribution in [2.24, 2.45) is 0 Å². The molecular weight excluding hydrogens is 342 g/mol. The van der Waals surface area contributed by atoms with Gasteiger partial charge in [-0.15, -0.1) is 21.5 Å². The lowest BCUT2D eigenvalue weighted by Crippen LogP contribution is -2.25. The molecule has 1 N–H and O–H groups in total. The van der Waals surface area contributed by atoms with Crippen LogP contribution in [0.15, 0.2) is 30.2 Å². The Hall–Kier alpha value is -2.72. The van der Waals surface area contributed by atoms with Crippen molar-refractivity contribution in [3.63, 3.8) is 0 Å². The predicted molar refractivity (Wildman–Crippen MR) is 90.8 cm³/mol. The molecule has 0 spiro atoms. The van der Waals surface area contributed by atoms with Crippen molar-refractivity contribution in [1.29, 1.82) is 0 Å². The Kier molecular flexibility index (Phi) is 5.75. The molecule has 0 saturated heterocycles. The van der Waals surface area contributed by atoms with E-state index in [4.69, 9.17) is 4.74 Å². The van der Waals surface area contributed by atoms with Gasteiger partial charge >= 0.3 is 0 Å². The summed E-state index contributed by atoms with van der Waals surface area (Å²) in [6.45, 7) is 1.67. The fourth-order valence-electron chi connectivity index (χ4n) is 2.12. The lowest BCUT2D eigenvalue weighted by Gasteiger charge is -2.06. The molecule has 3 heterocycles. The second kappa shape index (κ2) is 8.40. The van der Waals surface area contributed by atoms with Gasteiger partial charge in [0.05, 0.1) is 6.54 Å². The molecule has 0 saturated carbocycles. The van der Waals surface area contributed by atoms with Crippen molar-refractivity contribution in [3.05, 3.63) is 41.7 Å². The van der Waals surface area contributed by atoms with Gasteiger partial charge in [0.15, 0.2) is 16.7 Å². The highest BCUT2D eigenvalue weighted by atomic mass is 32.1. The Morgan fingerprint density at radius 2 is 2.20 bits per heavy atom. The number of thiazole rings is 1. The van der Waals surface area contributed by atoms with Crippen molar-refractivity contribution >= 4 is 17.2 Å². The van der Waals surface area contributed by atoms with E-state index in [0.29, 0.717) is 29.0 Å². The maximum atomic E-state index is 12.3. The number of carbonyl (C=O) groups excluding carboxylic acids is 1. The zero-order valence-corrected chi connectivity index (χ0v) is 14.4. The molecule has 0 radical (unpaired) electrons. The Bertz CT molecular complexity index is 818. The molecule has 1 amide bonds. The van der Waals surface area contributed by atoms with Crippen LogP contribution in [0.25, 0.3) is 10.8 Å². The van der Waals surface area contributed by atoms with E-state index < -0.39 is 0 Å². The highest BCUT2D eigenvalue weighted by Gasteiger charge is 2.14. The summed E-state index contributed by atoms with van der Waals surface area (Å²) in [5.41, 5.74) is 0.331. The summed E-state index contributed by atoms with van der Waals surface area (Å²) < 4.78 is 6.93. The SMILES string of the molecule is COCCCn1cnnc1CNC(=O)c1csc(-c2ncccn2)n1. The van der Waals surface area contributed by atoms with Crippen molar-refractivity contribution in [2.45, 2.75) is 19.5 Å². The van der Waals surface area contributed by atoms with E-state index in [1.165, 1.54) is 11.3 Å². The second-order valence-corrected chi connectivity index (χ2v) is 5.94. The van der Waals surface area contributed by atoms with Gasteiger partial charge in [0, 0.05) is 38.0 Å². The molecular formula is C15H17N7O2S. The van der Waals surface area contributed by atoms with Gasteiger partial charge < -0.3 is 14.6 Å². The van der Waals surface area contributed by atoms with E-state index in [1.807, 2.05) is 4.57 Å². The van der Waals surface area contributed by atoms with Crippen molar-refractivity contribution in [1.82, 2.24) is 35.0 Å². The third kappa shape index (κ3) is 4.43. The Labute approximate surface area is 148 Å². The van der Waals surface area contributed by atoms with E-state index in [9.17, 15) is 4.79 Å². The number of ether oxygens (including phenoxy) is 1. The van der Waals surface area contributed by atoms with Gasteiger partial charge in [-0.05, 0) is 12.5 Å². The number of aryl methyl sites for hydroxylation is 1. The number of hydrogen-bond acceptors (Lipinski definition) is 8. The first kappa shape index (κ1) is 17.1. The van der Waals surface area contributed by atoms with Gasteiger partial charge in [0.1, 0.15) is 12.0 Å². The first-order valence-corrected chi connectivity index (χ1v) is 8.52.